The lowest BCUT2D eigenvalue weighted by Crippen LogP contribution is -2.58. The molecular weight excluding hydrogens is 362 g/mol. The van der Waals surface area contributed by atoms with Crippen molar-refractivity contribution in [3.05, 3.63) is 0 Å². The van der Waals surface area contributed by atoms with E-state index >= 15 is 0 Å². The van der Waals surface area contributed by atoms with E-state index in [1.54, 1.807) is 0 Å². The van der Waals surface area contributed by atoms with Crippen molar-refractivity contribution in [2.45, 2.75) is 75.4 Å². The van der Waals surface area contributed by atoms with E-state index in [2.05, 4.69) is 5.32 Å². The minimum atomic E-state index is -1.46. The number of carbonyl (C=O) groups is 2. The molecule has 0 aliphatic carbocycles. The van der Waals surface area contributed by atoms with Crippen LogP contribution in [0.25, 0.3) is 0 Å². The average Bonchev–Trinajstić information content (AvgIpc) is 2.99. The highest BCUT2D eigenvalue weighted by atomic mass is 32.2. The first-order valence-corrected chi connectivity index (χ1v) is 11.3. The molecule has 3 fully saturated rings. The van der Waals surface area contributed by atoms with Gasteiger partial charge in [-0.1, -0.05) is 18.2 Å². The van der Waals surface area contributed by atoms with Crippen molar-refractivity contribution in [2.24, 2.45) is 0 Å². The molecule has 142 valence electrons. The third kappa shape index (κ3) is 5.52. The first kappa shape index (κ1) is 19.3. The molecule has 0 unspecified atom stereocenters. The molecule has 3 heterocycles. The Hall–Kier alpha value is -0.440. The minimum absolute atomic E-state index is 0.142. The Morgan fingerprint density at radius 3 is 2.76 bits per heavy atom. The Morgan fingerprint density at radius 1 is 1.12 bits per heavy atom. The number of nitrogens with one attached hydrogen (secondary N) is 1. The van der Waals surface area contributed by atoms with Crippen LogP contribution < -0.4 is 5.32 Å². The lowest BCUT2D eigenvalue weighted by Gasteiger charge is -2.43. The van der Waals surface area contributed by atoms with Gasteiger partial charge in [0.2, 0.25) is 0 Å². The van der Waals surface area contributed by atoms with Crippen molar-refractivity contribution in [3.8, 4) is 0 Å². The normalized spacial score (nSPS) is 38.5. The molecule has 25 heavy (non-hydrogen) atoms. The fourth-order valence-electron chi connectivity index (χ4n) is 3.62. The summed E-state index contributed by atoms with van der Waals surface area (Å²) in [7, 11) is 0. The maximum atomic E-state index is 12.1. The Morgan fingerprint density at radius 2 is 1.96 bits per heavy atom. The Labute approximate surface area is 157 Å². The van der Waals surface area contributed by atoms with Crippen LogP contribution in [0, 0.1) is 0 Å². The highest BCUT2D eigenvalue weighted by Crippen LogP contribution is 2.36. The van der Waals surface area contributed by atoms with E-state index in [9.17, 15) is 14.7 Å². The number of fused-ring (bicyclic) bond motifs is 2. The van der Waals surface area contributed by atoms with Crippen molar-refractivity contribution in [1.29, 1.82) is 0 Å². The second-order valence-corrected chi connectivity index (χ2v) is 9.21. The fraction of sp³-hybridized carbons (Fsp3) is 0.882. The van der Waals surface area contributed by atoms with Crippen LogP contribution in [0.15, 0.2) is 0 Å². The van der Waals surface area contributed by atoms with Gasteiger partial charge in [-0.05, 0) is 37.2 Å². The van der Waals surface area contributed by atoms with Crippen LogP contribution in [-0.2, 0) is 14.3 Å². The van der Waals surface area contributed by atoms with Crippen molar-refractivity contribution < 1.29 is 24.2 Å². The summed E-state index contributed by atoms with van der Waals surface area (Å²) in [5, 5.41) is 13.7. The zero-order chi connectivity index (χ0) is 17.7. The second-order valence-electron chi connectivity index (χ2n) is 7.00. The van der Waals surface area contributed by atoms with Crippen LogP contribution in [-0.4, -0.2) is 57.6 Å². The van der Waals surface area contributed by atoms with Crippen LogP contribution in [0.4, 0.5) is 4.79 Å². The van der Waals surface area contributed by atoms with Crippen molar-refractivity contribution in [2.75, 3.05) is 17.3 Å². The van der Waals surface area contributed by atoms with Gasteiger partial charge in [-0.2, -0.15) is 11.8 Å². The summed E-state index contributed by atoms with van der Waals surface area (Å²) in [6.45, 7) is 0. The number of aliphatic hydroxyl groups is 1. The molecular formula is C17H27NO5S2. The van der Waals surface area contributed by atoms with Gasteiger partial charge in [0.05, 0.1) is 12.1 Å². The number of amides is 1. The number of thioether (sulfide) groups is 2. The summed E-state index contributed by atoms with van der Waals surface area (Å²) in [6, 6.07) is -0.456. The van der Waals surface area contributed by atoms with Gasteiger partial charge in [0, 0.05) is 25.0 Å². The number of hydrogen-bond acceptors (Lipinski definition) is 7. The largest absolute Gasteiger partial charge is 0.462 e. The number of carbonyl (C=O) groups excluding carboxylic acids is 2. The van der Waals surface area contributed by atoms with Crippen LogP contribution in [0.1, 0.15) is 51.4 Å². The fourth-order valence-corrected chi connectivity index (χ4v) is 5.49. The van der Waals surface area contributed by atoms with E-state index in [1.165, 1.54) is 0 Å². The molecule has 2 N–H and O–H groups in total. The number of rotatable bonds is 1. The SMILES string of the molecule is O=C1CCCCCSCCC[C@@H]2C[C@H](C[C@](O)([C@@H]3CSC(=O)N3)O2)O1. The summed E-state index contributed by atoms with van der Waals surface area (Å²) in [6.07, 6.45) is 5.65. The summed E-state index contributed by atoms with van der Waals surface area (Å²) >= 11 is 3.10. The summed E-state index contributed by atoms with van der Waals surface area (Å²) in [5.41, 5.74) is 0. The molecule has 0 aromatic carbocycles. The monoisotopic (exact) mass is 389 g/mol. The van der Waals surface area contributed by atoms with Gasteiger partial charge in [0.15, 0.2) is 5.79 Å². The maximum Gasteiger partial charge on any atom is 0.306 e. The first-order valence-electron chi connectivity index (χ1n) is 9.16. The maximum absolute atomic E-state index is 12.1. The number of ether oxygens (including phenoxy) is 2. The third-order valence-corrected chi connectivity index (χ3v) is 6.95. The summed E-state index contributed by atoms with van der Waals surface area (Å²) in [4.78, 5) is 23.6. The minimum Gasteiger partial charge on any atom is -0.462 e. The van der Waals surface area contributed by atoms with Gasteiger partial charge >= 0.3 is 5.97 Å². The van der Waals surface area contributed by atoms with Gasteiger partial charge in [0.25, 0.3) is 5.24 Å². The smallest absolute Gasteiger partial charge is 0.306 e. The van der Waals surface area contributed by atoms with E-state index in [-0.39, 0.29) is 29.8 Å². The average molecular weight is 390 g/mol. The van der Waals surface area contributed by atoms with Gasteiger partial charge in [-0.25, -0.2) is 0 Å². The molecule has 3 rings (SSSR count). The van der Waals surface area contributed by atoms with Crippen LogP contribution in [0.3, 0.4) is 0 Å². The standard InChI is InChI=1S/C17H27NO5S2/c19-15-6-2-1-3-7-24-8-4-5-12-9-13(22-15)10-17(21,23-12)14-11-25-16(20)18-14/h12-14,21H,1-11H2,(H,18,20)/t12-,13-,14+,17-/m1/s1. The molecule has 2 bridgehead atoms. The molecule has 0 saturated carbocycles. The molecule has 0 aromatic rings. The molecule has 4 atom stereocenters. The molecule has 6 nitrogen and oxygen atoms in total. The molecule has 0 spiro atoms. The van der Waals surface area contributed by atoms with Crippen LogP contribution >= 0.6 is 23.5 Å². The summed E-state index contributed by atoms with van der Waals surface area (Å²) in [5.74, 6) is 1.02. The Bertz CT molecular complexity index is 492. The third-order valence-electron chi connectivity index (χ3n) is 4.92. The van der Waals surface area contributed by atoms with Crippen LogP contribution in [0.5, 0.6) is 0 Å². The molecule has 1 amide bonds. The highest BCUT2D eigenvalue weighted by Gasteiger charge is 2.49. The molecule has 0 aromatic heterocycles. The van der Waals surface area contributed by atoms with Gasteiger partial charge in [-0.3, -0.25) is 9.59 Å². The lowest BCUT2D eigenvalue weighted by molar-refractivity contribution is -0.283. The van der Waals surface area contributed by atoms with Crippen LogP contribution in [0.2, 0.25) is 0 Å². The zero-order valence-electron chi connectivity index (χ0n) is 14.4. The summed E-state index contributed by atoms with van der Waals surface area (Å²) < 4.78 is 11.6. The predicted octanol–water partition coefficient (Wildman–Crippen LogP) is 2.68. The molecule has 3 saturated heterocycles. The van der Waals surface area contributed by atoms with Gasteiger partial charge < -0.3 is 19.9 Å². The van der Waals surface area contributed by atoms with Gasteiger partial charge in [0.1, 0.15) is 6.10 Å². The quantitative estimate of drug-likeness (QED) is 0.667. The van der Waals surface area contributed by atoms with E-state index in [0.29, 0.717) is 18.6 Å². The number of esters is 1. The van der Waals surface area contributed by atoms with Crippen molar-refractivity contribution in [3.63, 3.8) is 0 Å². The van der Waals surface area contributed by atoms with Gasteiger partial charge in [-0.15, -0.1) is 0 Å². The molecule has 0 radical (unpaired) electrons. The van der Waals surface area contributed by atoms with E-state index in [4.69, 9.17) is 9.47 Å². The lowest BCUT2D eigenvalue weighted by atomic mass is 9.92. The second kappa shape index (κ2) is 8.97. The Balaban J connectivity index is 1.68. The van der Waals surface area contributed by atoms with Crippen molar-refractivity contribution >= 4 is 34.7 Å². The zero-order valence-corrected chi connectivity index (χ0v) is 16.0. The Kier molecular flexibility index (Phi) is 6.93. The highest BCUT2D eigenvalue weighted by molar-refractivity contribution is 8.14. The number of hydrogen-bond donors (Lipinski definition) is 2. The van der Waals surface area contributed by atoms with E-state index < -0.39 is 11.8 Å². The van der Waals surface area contributed by atoms with E-state index in [1.807, 2.05) is 11.8 Å². The predicted molar refractivity (Wildman–Crippen MR) is 98.7 cm³/mol. The molecule has 8 heteroatoms. The first-order chi connectivity index (χ1) is 12.0. The topological polar surface area (TPSA) is 84.9 Å². The molecule has 3 aliphatic rings. The molecule has 3 aliphatic heterocycles. The van der Waals surface area contributed by atoms with E-state index in [0.717, 1.165) is 55.4 Å². The van der Waals surface area contributed by atoms with Crippen molar-refractivity contribution in [1.82, 2.24) is 5.32 Å².